The van der Waals surface area contributed by atoms with Gasteiger partial charge >= 0.3 is 0 Å². The molecule has 0 aliphatic carbocycles. The molecule has 6 heteroatoms. The topological polar surface area (TPSA) is 63.8 Å². The van der Waals surface area contributed by atoms with E-state index >= 15 is 0 Å². The molecule has 0 aliphatic rings. The van der Waals surface area contributed by atoms with Gasteiger partial charge in [0, 0.05) is 59.7 Å². The highest BCUT2D eigenvalue weighted by molar-refractivity contribution is 7.26. The Bertz CT molecular complexity index is 3210. The highest BCUT2D eigenvalue weighted by Gasteiger charge is 2.18. The second kappa shape index (κ2) is 13.7. The van der Waals surface area contributed by atoms with E-state index in [0.717, 1.165) is 61.1 Å². The first-order chi connectivity index (χ1) is 28.2. The van der Waals surface area contributed by atoms with Crippen molar-refractivity contribution < 1.29 is 4.42 Å². The molecular formula is C51H32N4OS. The summed E-state index contributed by atoms with van der Waals surface area (Å²) in [6.45, 7) is 0. The summed E-state index contributed by atoms with van der Waals surface area (Å²) in [5, 5.41) is 8.34. The molecule has 3 aromatic heterocycles. The molecule has 11 aromatic rings. The summed E-state index contributed by atoms with van der Waals surface area (Å²) >= 11 is 1.82. The van der Waals surface area contributed by atoms with Crippen LogP contribution in [-0.4, -0.2) is 15.0 Å². The third kappa shape index (κ3) is 5.91. The van der Waals surface area contributed by atoms with Gasteiger partial charge in [0.25, 0.3) is 0 Å². The van der Waals surface area contributed by atoms with Crippen molar-refractivity contribution in [3.63, 3.8) is 0 Å². The smallest absolute Gasteiger partial charge is 0.164 e. The number of hydrogen-bond acceptors (Lipinski definition) is 6. The van der Waals surface area contributed by atoms with Crippen LogP contribution in [0.4, 0.5) is 11.4 Å². The Kier molecular flexibility index (Phi) is 7.93. The molecule has 0 saturated heterocycles. The van der Waals surface area contributed by atoms with E-state index in [-0.39, 0.29) is 0 Å². The molecule has 268 valence electrons. The Hall–Kier alpha value is -7.41. The SMILES string of the molecule is c1ccc(-c2nc(-c3ccccc3)nc(-c3ccc4c(c3)oc3c(-c5ccc6sc7c(Nc8ccccc8-c8ccccc8)cccc7c6c5)cccc34)n2)cc1. The summed E-state index contributed by atoms with van der Waals surface area (Å²) in [4.78, 5) is 14.8. The van der Waals surface area contributed by atoms with E-state index in [0.29, 0.717) is 17.5 Å². The monoisotopic (exact) mass is 748 g/mol. The van der Waals surface area contributed by atoms with Gasteiger partial charge in [-0.1, -0.05) is 152 Å². The second-order valence-electron chi connectivity index (χ2n) is 14.1. The van der Waals surface area contributed by atoms with E-state index in [9.17, 15) is 0 Å². The van der Waals surface area contributed by atoms with Crippen LogP contribution in [0, 0.1) is 0 Å². The van der Waals surface area contributed by atoms with E-state index in [1.54, 1.807) is 0 Å². The van der Waals surface area contributed by atoms with Crippen LogP contribution < -0.4 is 5.32 Å². The molecule has 1 N–H and O–H groups in total. The first kappa shape index (κ1) is 33.0. The number of rotatable bonds is 7. The number of para-hydroxylation sites is 2. The molecule has 0 spiro atoms. The lowest BCUT2D eigenvalue weighted by Crippen LogP contribution is -2.00. The highest BCUT2D eigenvalue weighted by atomic mass is 32.1. The van der Waals surface area contributed by atoms with Crippen molar-refractivity contribution in [3.05, 3.63) is 188 Å². The molecule has 5 nitrogen and oxygen atoms in total. The number of fused-ring (bicyclic) bond motifs is 6. The number of aromatic nitrogens is 3. The molecular weight excluding hydrogens is 717 g/mol. The number of nitrogens with one attached hydrogen (secondary N) is 1. The second-order valence-corrected chi connectivity index (χ2v) is 15.1. The minimum absolute atomic E-state index is 0.595. The van der Waals surface area contributed by atoms with Gasteiger partial charge in [-0.15, -0.1) is 11.3 Å². The van der Waals surface area contributed by atoms with Gasteiger partial charge < -0.3 is 9.73 Å². The van der Waals surface area contributed by atoms with Crippen molar-refractivity contribution in [1.82, 2.24) is 15.0 Å². The van der Waals surface area contributed by atoms with Crippen LogP contribution in [-0.2, 0) is 0 Å². The summed E-state index contributed by atoms with van der Waals surface area (Å²) < 4.78 is 9.23. The van der Waals surface area contributed by atoms with E-state index in [2.05, 4.69) is 133 Å². The van der Waals surface area contributed by atoms with E-state index < -0.39 is 0 Å². The van der Waals surface area contributed by atoms with Crippen LogP contribution >= 0.6 is 11.3 Å². The number of thiophene rings is 1. The minimum atomic E-state index is 0.595. The lowest BCUT2D eigenvalue weighted by atomic mass is 10.00. The zero-order valence-electron chi connectivity index (χ0n) is 30.6. The summed E-state index contributed by atoms with van der Waals surface area (Å²) in [5.74, 6) is 1.85. The fourth-order valence-electron chi connectivity index (χ4n) is 7.77. The Morgan fingerprint density at radius 1 is 0.386 bits per heavy atom. The van der Waals surface area contributed by atoms with Gasteiger partial charge in [0.1, 0.15) is 11.2 Å². The van der Waals surface area contributed by atoms with Crippen molar-refractivity contribution in [1.29, 1.82) is 0 Å². The van der Waals surface area contributed by atoms with Gasteiger partial charge in [0.05, 0.1) is 10.4 Å². The number of anilines is 2. The highest BCUT2D eigenvalue weighted by Crippen LogP contribution is 2.43. The van der Waals surface area contributed by atoms with Gasteiger partial charge in [-0.2, -0.15) is 0 Å². The number of benzene rings is 8. The van der Waals surface area contributed by atoms with E-state index in [1.807, 2.05) is 72.0 Å². The Balaban J connectivity index is 0.988. The Labute approximate surface area is 332 Å². The zero-order valence-corrected chi connectivity index (χ0v) is 31.4. The van der Waals surface area contributed by atoms with Gasteiger partial charge in [0.2, 0.25) is 0 Å². The fraction of sp³-hybridized carbons (Fsp3) is 0. The van der Waals surface area contributed by atoms with Gasteiger partial charge in [-0.25, -0.2) is 15.0 Å². The molecule has 0 saturated carbocycles. The minimum Gasteiger partial charge on any atom is -0.455 e. The van der Waals surface area contributed by atoms with E-state index in [4.69, 9.17) is 19.4 Å². The molecule has 0 aliphatic heterocycles. The molecule has 3 heterocycles. The van der Waals surface area contributed by atoms with Gasteiger partial charge in [-0.05, 0) is 47.5 Å². The molecule has 0 bridgehead atoms. The van der Waals surface area contributed by atoms with Crippen LogP contribution in [0.3, 0.4) is 0 Å². The lowest BCUT2D eigenvalue weighted by Gasteiger charge is -2.13. The molecule has 0 fully saturated rings. The average Bonchev–Trinajstić information content (AvgIpc) is 3.86. The van der Waals surface area contributed by atoms with Crippen LogP contribution in [0.5, 0.6) is 0 Å². The predicted molar refractivity (Wildman–Crippen MR) is 237 cm³/mol. The quantitative estimate of drug-likeness (QED) is 0.176. The van der Waals surface area contributed by atoms with Crippen molar-refractivity contribution in [2.24, 2.45) is 0 Å². The van der Waals surface area contributed by atoms with Crippen molar-refractivity contribution >= 4 is 64.8 Å². The maximum atomic E-state index is 6.77. The maximum Gasteiger partial charge on any atom is 0.164 e. The van der Waals surface area contributed by atoms with E-state index in [1.165, 1.54) is 31.3 Å². The summed E-state index contributed by atoms with van der Waals surface area (Å²) in [5.41, 5.74) is 11.1. The van der Waals surface area contributed by atoms with Crippen molar-refractivity contribution in [2.75, 3.05) is 5.32 Å². The summed E-state index contributed by atoms with van der Waals surface area (Å²) in [7, 11) is 0. The Morgan fingerprint density at radius 3 is 1.70 bits per heavy atom. The van der Waals surface area contributed by atoms with Crippen LogP contribution in [0.2, 0.25) is 0 Å². The molecule has 0 radical (unpaired) electrons. The van der Waals surface area contributed by atoms with Crippen LogP contribution in [0.15, 0.2) is 192 Å². The van der Waals surface area contributed by atoms with Crippen molar-refractivity contribution in [3.8, 4) is 56.4 Å². The van der Waals surface area contributed by atoms with Crippen molar-refractivity contribution in [2.45, 2.75) is 0 Å². The lowest BCUT2D eigenvalue weighted by molar-refractivity contribution is 0.670. The van der Waals surface area contributed by atoms with Gasteiger partial charge in [-0.3, -0.25) is 0 Å². The molecule has 0 amide bonds. The largest absolute Gasteiger partial charge is 0.455 e. The van der Waals surface area contributed by atoms with Gasteiger partial charge in [0.15, 0.2) is 17.5 Å². The zero-order chi connectivity index (χ0) is 37.7. The summed E-state index contributed by atoms with van der Waals surface area (Å²) in [6.07, 6.45) is 0. The Morgan fingerprint density at radius 2 is 0.965 bits per heavy atom. The third-order valence-electron chi connectivity index (χ3n) is 10.5. The standard InChI is InChI=1S/C51H32N4OS/c1-4-14-32(15-5-1)37-20-10-11-24-43(37)52-44-25-13-23-41-42-30-35(27-29-46(42)57-48(41)44)38-21-12-22-40-39-28-26-36(31-45(39)56-47(38)40)51-54-49(33-16-6-2-7-17-33)53-50(55-51)34-18-8-3-9-19-34/h1-31,52H. The normalized spacial score (nSPS) is 11.5. The molecule has 11 rings (SSSR count). The molecule has 0 atom stereocenters. The molecule has 0 unspecified atom stereocenters. The number of nitrogens with zero attached hydrogens (tertiary/aromatic N) is 3. The fourth-order valence-corrected chi connectivity index (χ4v) is 8.93. The predicted octanol–water partition coefficient (Wildman–Crippen LogP) is 14.2. The average molecular weight is 749 g/mol. The maximum absolute atomic E-state index is 6.77. The molecule has 8 aromatic carbocycles. The third-order valence-corrected chi connectivity index (χ3v) is 11.8. The number of furan rings is 1. The first-order valence-electron chi connectivity index (χ1n) is 18.9. The first-order valence-corrected chi connectivity index (χ1v) is 19.7. The summed E-state index contributed by atoms with van der Waals surface area (Å²) in [6, 6.07) is 65.1. The van der Waals surface area contributed by atoms with Crippen LogP contribution in [0.1, 0.15) is 0 Å². The van der Waals surface area contributed by atoms with Crippen LogP contribution in [0.25, 0.3) is 98.5 Å². The molecule has 57 heavy (non-hydrogen) atoms. The number of hydrogen-bond donors (Lipinski definition) is 1.